The van der Waals surface area contributed by atoms with Crippen LogP contribution in [0.2, 0.25) is 0 Å². The third-order valence-corrected chi connectivity index (χ3v) is 5.08. The van der Waals surface area contributed by atoms with Crippen molar-refractivity contribution in [3.05, 3.63) is 83.9 Å². The number of benzene rings is 3. The number of para-hydroxylation sites is 2. The summed E-state index contributed by atoms with van der Waals surface area (Å²) >= 11 is 0. The minimum atomic E-state index is -0.171. The van der Waals surface area contributed by atoms with Gasteiger partial charge in [-0.05, 0) is 42.7 Å². The number of aryl methyl sites for hydroxylation is 1. The number of imidazole rings is 1. The van der Waals surface area contributed by atoms with Crippen LogP contribution in [0.25, 0.3) is 22.4 Å². The van der Waals surface area contributed by atoms with Crippen molar-refractivity contribution in [3.63, 3.8) is 0 Å². The lowest BCUT2D eigenvalue weighted by Gasteiger charge is -2.17. The van der Waals surface area contributed by atoms with Gasteiger partial charge < -0.3 is 10.3 Å². The third kappa shape index (κ3) is 3.54. The Morgan fingerprint density at radius 2 is 1.79 bits per heavy atom. The third-order valence-electron chi connectivity index (χ3n) is 5.08. The Labute approximate surface area is 164 Å². The fourth-order valence-electron chi connectivity index (χ4n) is 3.47. The van der Waals surface area contributed by atoms with E-state index in [4.69, 9.17) is 0 Å². The molecule has 4 rings (SSSR count). The van der Waals surface area contributed by atoms with Crippen LogP contribution >= 0.6 is 0 Å². The maximum absolute atomic E-state index is 13.0. The normalized spacial score (nSPS) is 12.1. The molecule has 0 aliphatic heterocycles. The first-order valence-electron chi connectivity index (χ1n) is 9.57. The van der Waals surface area contributed by atoms with Crippen molar-refractivity contribution in [2.24, 2.45) is 0 Å². The summed E-state index contributed by atoms with van der Waals surface area (Å²) in [5.41, 5.74) is 5.75. The summed E-state index contributed by atoms with van der Waals surface area (Å²) in [4.78, 5) is 21.0. The van der Waals surface area contributed by atoms with Crippen LogP contribution in [0, 0.1) is 6.92 Å². The number of aromatic nitrogens is 2. The smallest absolute Gasteiger partial charge is 0.231 e. The zero-order valence-corrected chi connectivity index (χ0v) is 16.1. The average molecular weight is 369 g/mol. The first kappa shape index (κ1) is 18.0. The van der Waals surface area contributed by atoms with Crippen LogP contribution < -0.4 is 5.32 Å². The molecule has 0 radical (unpaired) electrons. The molecule has 0 saturated heterocycles. The number of fused-ring (bicyclic) bond motifs is 1. The van der Waals surface area contributed by atoms with Gasteiger partial charge in [-0.25, -0.2) is 4.98 Å². The first-order chi connectivity index (χ1) is 13.7. The SMILES string of the molecule is CC[C@@H](C(=O)Nc1cc(-c2nc3ccccc3[nH]2)ccc1C)c1ccccc1. The van der Waals surface area contributed by atoms with Gasteiger partial charge in [-0.1, -0.05) is 61.5 Å². The van der Waals surface area contributed by atoms with Gasteiger partial charge in [-0.2, -0.15) is 0 Å². The zero-order chi connectivity index (χ0) is 19.5. The molecule has 4 aromatic rings. The lowest BCUT2D eigenvalue weighted by molar-refractivity contribution is -0.117. The minimum Gasteiger partial charge on any atom is -0.338 e. The quantitative estimate of drug-likeness (QED) is 0.476. The predicted octanol–water partition coefficient (Wildman–Crippen LogP) is 5.67. The van der Waals surface area contributed by atoms with Crippen LogP contribution in [0.5, 0.6) is 0 Å². The Kier molecular flexibility index (Phi) is 4.94. The summed E-state index contributed by atoms with van der Waals surface area (Å²) in [6.07, 6.45) is 0.748. The fraction of sp³-hybridized carbons (Fsp3) is 0.167. The number of aromatic amines is 1. The van der Waals surface area contributed by atoms with E-state index < -0.39 is 0 Å². The maximum Gasteiger partial charge on any atom is 0.231 e. The summed E-state index contributed by atoms with van der Waals surface area (Å²) in [5.74, 6) is 0.640. The Hall–Kier alpha value is -3.40. The van der Waals surface area contributed by atoms with Crippen LogP contribution in [0.4, 0.5) is 5.69 Å². The topological polar surface area (TPSA) is 57.8 Å². The maximum atomic E-state index is 13.0. The van der Waals surface area contributed by atoms with Gasteiger partial charge in [-0.3, -0.25) is 4.79 Å². The summed E-state index contributed by atoms with van der Waals surface area (Å²) in [5, 5.41) is 3.12. The number of rotatable bonds is 5. The number of hydrogen-bond donors (Lipinski definition) is 2. The van der Waals surface area contributed by atoms with Gasteiger partial charge in [-0.15, -0.1) is 0 Å². The first-order valence-corrected chi connectivity index (χ1v) is 9.57. The number of nitrogens with one attached hydrogen (secondary N) is 2. The Morgan fingerprint density at radius 3 is 2.54 bits per heavy atom. The summed E-state index contributed by atoms with van der Waals surface area (Å²) in [6.45, 7) is 4.04. The molecule has 0 saturated carbocycles. The predicted molar refractivity (Wildman–Crippen MR) is 114 cm³/mol. The van der Waals surface area contributed by atoms with Crippen LogP contribution in [-0.4, -0.2) is 15.9 Å². The molecule has 140 valence electrons. The van der Waals surface area contributed by atoms with Crippen LogP contribution in [0.3, 0.4) is 0 Å². The highest BCUT2D eigenvalue weighted by Gasteiger charge is 2.19. The van der Waals surface area contributed by atoms with Crippen molar-refractivity contribution < 1.29 is 4.79 Å². The van der Waals surface area contributed by atoms with Gasteiger partial charge in [0.25, 0.3) is 0 Å². The van der Waals surface area contributed by atoms with E-state index in [2.05, 4.69) is 15.3 Å². The van der Waals surface area contributed by atoms with Gasteiger partial charge >= 0.3 is 0 Å². The van der Waals surface area contributed by atoms with Gasteiger partial charge in [0.1, 0.15) is 5.82 Å². The number of anilines is 1. The molecule has 0 fully saturated rings. The van der Waals surface area contributed by atoms with Gasteiger partial charge in [0.15, 0.2) is 0 Å². The highest BCUT2D eigenvalue weighted by molar-refractivity contribution is 5.97. The second-order valence-corrected chi connectivity index (χ2v) is 6.99. The van der Waals surface area contributed by atoms with Crippen molar-refractivity contribution in [1.29, 1.82) is 0 Å². The average Bonchev–Trinajstić information content (AvgIpc) is 3.15. The molecule has 0 aliphatic carbocycles. The molecule has 0 spiro atoms. The molecule has 0 aliphatic rings. The molecule has 1 aromatic heterocycles. The van der Waals surface area contributed by atoms with Gasteiger partial charge in [0, 0.05) is 11.3 Å². The number of hydrogen-bond acceptors (Lipinski definition) is 2. The summed E-state index contributed by atoms with van der Waals surface area (Å²) in [6, 6.07) is 23.9. The molecule has 1 heterocycles. The van der Waals surface area contributed by atoms with E-state index in [-0.39, 0.29) is 11.8 Å². The van der Waals surface area contributed by atoms with E-state index in [1.54, 1.807) is 0 Å². The summed E-state index contributed by atoms with van der Waals surface area (Å²) in [7, 11) is 0. The number of amides is 1. The highest BCUT2D eigenvalue weighted by atomic mass is 16.1. The molecular weight excluding hydrogens is 346 g/mol. The van der Waals surface area contributed by atoms with E-state index in [0.29, 0.717) is 0 Å². The molecular formula is C24H23N3O. The molecule has 1 atom stereocenters. The van der Waals surface area contributed by atoms with Crippen molar-refractivity contribution in [3.8, 4) is 11.4 Å². The molecule has 1 amide bonds. The zero-order valence-electron chi connectivity index (χ0n) is 16.1. The van der Waals surface area contributed by atoms with Gasteiger partial charge in [0.2, 0.25) is 5.91 Å². The van der Waals surface area contributed by atoms with Gasteiger partial charge in [0.05, 0.1) is 17.0 Å². The van der Waals surface area contributed by atoms with E-state index in [9.17, 15) is 4.79 Å². The number of carbonyl (C=O) groups is 1. The molecule has 2 N–H and O–H groups in total. The van der Waals surface area contributed by atoms with E-state index in [1.807, 2.05) is 86.6 Å². The minimum absolute atomic E-state index is 0.0126. The van der Waals surface area contributed by atoms with E-state index in [1.165, 1.54) is 0 Å². The number of carbonyl (C=O) groups excluding carboxylic acids is 1. The van der Waals surface area contributed by atoms with Crippen LogP contribution in [0.15, 0.2) is 72.8 Å². The molecule has 28 heavy (non-hydrogen) atoms. The highest BCUT2D eigenvalue weighted by Crippen LogP contribution is 2.27. The second-order valence-electron chi connectivity index (χ2n) is 6.99. The van der Waals surface area contributed by atoms with Crippen LogP contribution in [-0.2, 0) is 4.79 Å². The summed E-state index contributed by atoms with van der Waals surface area (Å²) < 4.78 is 0. The molecule has 4 heteroatoms. The monoisotopic (exact) mass is 369 g/mol. The van der Waals surface area contributed by atoms with E-state index in [0.717, 1.165) is 45.7 Å². The lowest BCUT2D eigenvalue weighted by Crippen LogP contribution is -2.21. The van der Waals surface area contributed by atoms with Crippen molar-refractivity contribution in [2.75, 3.05) is 5.32 Å². The van der Waals surface area contributed by atoms with Crippen LogP contribution in [0.1, 0.15) is 30.4 Å². The molecule has 0 bridgehead atoms. The van der Waals surface area contributed by atoms with Crippen molar-refractivity contribution in [2.45, 2.75) is 26.2 Å². The fourth-order valence-corrected chi connectivity index (χ4v) is 3.47. The van der Waals surface area contributed by atoms with Crippen molar-refractivity contribution >= 4 is 22.6 Å². The Bertz CT molecular complexity index is 1080. The Balaban J connectivity index is 1.63. The van der Waals surface area contributed by atoms with E-state index >= 15 is 0 Å². The largest absolute Gasteiger partial charge is 0.338 e. The van der Waals surface area contributed by atoms with Crippen molar-refractivity contribution in [1.82, 2.24) is 9.97 Å². The number of H-pyrrole nitrogens is 1. The molecule has 4 nitrogen and oxygen atoms in total. The number of nitrogens with zero attached hydrogens (tertiary/aromatic N) is 1. The standard InChI is InChI=1S/C24H23N3O/c1-3-19(17-9-5-4-6-10-17)24(28)27-22-15-18(14-13-16(22)2)23-25-20-11-7-8-12-21(20)26-23/h4-15,19H,3H2,1-2H3,(H,25,26)(H,27,28)/t19-/m1/s1. The molecule has 0 unspecified atom stereocenters. The molecule has 3 aromatic carbocycles. The second kappa shape index (κ2) is 7.69. The lowest BCUT2D eigenvalue weighted by atomic mass is 9.95. The Morgan fingerprint density at radius 1 is 1.04 bits per heavy atom.